The third-order valence-electron chi connectivity index (χ3n) is 4.87. The third kappa shape index (κ3) is 4.11. The van der Waals surface area contributed by atoms with Gasteiger partial charge in [0.1, 0.15) is 24.5 Å². The molecule has 0 radical (unpaired) electrons. The van der Waals surface area contributed by atoms with E-state index in [4.69, 9.17) is 14.2 Å². The van der Waals surface area contributed by atoms with Crippen LogP contribution >= 0.6 is 0 Å². The van der Waals surface area contributed by atoms with Gasteiger partial charge in [0.2, 0.25) is 0 Å². The Labute approximate surface area is 178 Å². The quantitative estimate of drug-likeness (QED) is 0.458. The highest BCUT2D eigenvalue weighted by Crippen LogP contribution is 2.33. The van der Waals surface area contributed by atoms with Gasteiger partial charge in [-0.2, -0.15) is 0 Å². The van der Waals surface area contributed by atoms with Gasteiger partial charge < -0.3 is 19.2 Å². The second-order valence-corrected chi connectivity index (χ2v) is 6.78. The number of H-pyrrole nitrogens is 1. The summed E-state index contributed by atoms with van der Waals surface area (Å²) in [6.45, 7) is 0.186. The van der Waals surface area contributed by atoms with Crippen LogP contribution in [0.15, 0.2) is 65.5 Å². The van der Waals surface area contributed by atoms with E-state index in [1.165, 1.54) is 7.11 Å². The zero-order valence-electron chi connectivity index (χ0n) is 17.0. The van der Waals surface area contributed by atoms with Crippen LogP contribution in [-0.4, -0.2) is 30.5 Å². The molecule has 31 heavy (non-hydrogen) atoms. The molecule has 0 unspecified atom stereocenters. The molecule has 7 heteroatoms. The molecule has 156 valence electrons. The number of aldehydes is 1. The Hall–Kier alpha value is -4.13. The van der Waals surface area contributed by atoms with Gasteiger partial charge in [0.05, 0.1) is 25.1 Å². The van der Waals surface area contributed by atoms with Crippen LogP contribution in [0.25, 0.3) is 22.3 Å². The lowest BCUT2D eigenvalue weighted by Crippen LogP contribution is -2.09. The molecule has 4 aromatic rings. The van der Waals surface area contributed by atoms with Gasteiger partial charge in [-0.1, -0.05) is 12.1 Å². The van der Waals surface area contributed by atoms with Crippen molar-refractivity contribution in [3.05, 3.63) is 82.1 Å². The Morgan fingerprint density at radius 2 is 1.71 bits per heavy atom. The predicted molar refractivity (Wildman–Crippen MR) is 117 cm³/mol. The number of fused-ring (bicyclic) bond motifs is 1. The average molecular weight is 416 g/mol. The van der Waals surface area contributed by atoms with E-state index in [-0.39, 0.29) is 12.2 Å². The Morgan fingerprint density at radius 3 is 2.48 bits per heavy atom. The Kier molecular flexibility index (Phi) is 5.66. The Balaban J connectivity index is 1.64. The minimum Gasteiger partial charge on any atom is -0.496 e. The molecule has 0 bridgehead atoms. The molecule has 3 aromatic carbocycles. The zero-order chi connectivity index (χ0) is 21.8. The number of aromatic amines is 1. The fourth-order valence-corrected chi connectivity index (χ4v) is 3.30. The van der Waals surface area contributed by atoms with Crippen molar-refractivity contribution in [3.8, 4) is 28.6 Å². The highest BCUT2D eigenvalue weighted by molar-refractivity contribution is 5.79. The maximum Gasteiger partial charge on any atom is 0.259 e. The number of para-hydroxylation sites is 1. The highest BCUT2D eigenvalue weighted by Gasteiger charge is 2.12. The van der Waals surface area contributed by atoms with Crippen molar-refractivity contribution >= 4 is 17.2 Å². The number of ether oxygens (including phenoxy) is 3. The van der Waals surface area contributed by atoms with Crippen molar-refractivity contribution < 1.29 is 19.0 Å². The number of hydrogen-bond acceptors (Lipinski definition) is 6. The first-order chi connectivity index (χ1) is 15.1. The Morgan fingerprint density at radius 1 is 0.935 bits per heavy atom. The minimum atomic E-state index is -0.206. The maximum atomic E-state index is 12.4. The number of benzene rings is 3. The van der Waals surface area contributed by atoms with Crippen LogP contribution in [0.3, 0.4) is 0 Å². The molecule has 0 aliphatic carbocycles. The number of rotatable bonds is 7. The van der Waals surface area contributed by atoms with Gasteiger partial charge in [0.15, 0.2) is 11.5 Å². The van der Waals surface area contributed by atoms with Gasteiger partial charge in [-0.15, -0.1) is 0 Å². The normalized spacial score (nSPS) is 10.6. The molecule has 1 heterocycles. The Bertz CT molecular complexity index is 1310. The van der Waals surface area contributed by atoms with Crippen molar-refractivity contribution in [2.45, 2.75) is 6.61 Å². The number of aromatic nitrogens is 2. The van der Waals surface area contributed by atoms with Crippen molar-refractivity contribution in [2.24, 2.45) is 0 Å². The fraction of sp³-hybridized carbons (Fsp3) is 0.125. The van der Waals surface area contributed by atoms with Crippen LogP contribution in [0.5, 0.6) is 17.2 Å². The standard InChI is InChI=1S/C24H20N2O5/c1-29-20-9-7-15(13-27)11-17(20)14-31-21-10-8-16(12-22(21)30-2)23-25-19-6-4-3-5-18(19)24(28)26-23/h3-13H,14H2,1-2H3,(H,25,26,28). The van der Waals surface area contributed by atoms with E-state index in [0.717, 1.165) is 11.8 Å². The molecule has 0 aliphatic heterocycles. The molecule has 0 saturated carbocycles. The van der Waals surface area contributed by atoms with E-state index < -0.39 is 0 Å². The predicted octanol–water partition coefficient (Wildman–Crippen LogP) is 4.00. The first kappa shape index (κ1) is 20.2. The van der Waals surface area contributed by atoms with Crippen molar-refractivity contribution in [1.29, 1.82) is 0 Å². The van der Waals surface area contributed by atoms with Crippen molar-refractivity contribution in [1.82, 2.24) is 9.97 Å². The molecule has 0 spiro atoms. The second kappa shape index (κ2) is 8.71. The monoisotopic (exact) mass is 416 g/mol. The molecule has 0 atom stereocenters. The lowest BCUT2D eigenvalue weighted by molar-refractivity contribution is 0.112. The summed E-state index contributed by atoms with van der Waals surface area (Å²) in [6, 6.07) is 17.6. The highest BCUT2D eigenvalue weighted by atomic mass is 16.5. The van der Waals surface area contributed by atoms with Gasteiger partial charge in [0, 0.05) is 16.7 Å². The molecule has 0 aliphatic rings. The zero-order valence-corrected chi connectivity index (χ0v) is 17.0. The molecule has 0 fully saturated rings. The van der Waals surface area contributed by atoms with E-state index in [0.29, 0.717) is 45.1 Å². The maximum absolute atomic E-state index is 12.4. The summed E-state index contributed by atoms with van der Waals surface area (Å²) in [5.74, 6) is 2.06. The molecule has 4 rings (SSSR count). The van der Waals surface area contributed by atoms with Crippen LogP contribution in [0.1, 0.15) is 15.9 Å². The average Bonchev–Trinajstić information content (AvgIpc) is 2.82. The lowest BCUT2D eigenvalue weighted by Gasteiger charge is -2.14. The van der Waals surface area contributed by atoms with E-state index in [1.54, 1.807) is 61.7 Å². The first-order valence-electron chi connectivity index (χ1n) is 9.55. The van der Waals surface area contributed by atoms with Crippen LogP contribution < -0.4 is 19.8 Å². The van der Waals surface area contributed by atoms with Crippen LogP contribution in [-0.2, 0) is 6.61 Å². The molecule has 1 N–H and O–H groups in total. The number of hydrogen-bond donors (Lipinski definition) is 1. The first-order valence-corrected chi connectivity index (χ1v) is 9.55. The summed E-state index contributed by atoms with van der Waals surface area (Å²) in [4.78, 5) is 30.8. The second-order valence-electron chi connectivity index (χ2n) is 6.78. The van der Waals surface area contributed by atoms with Crippen molar-refractivity contribution in [2.75, 3.05) is 14.2 Å². The molecule has 0 saturated heterocycles. The van der Waals surface area contributed by atoms with Gasteiger partial charge in [-0.3, -0.25) is 9.59 Å². The summed E-state index contributed by atoms with van der Waals surface area (Å²) in [5.41, 5.74) is 2.36. The fourth-order valence-electron chi connectivity index (χ4n) is 3.30. The topological polar surface area (TPSA) is 90.5 Å². The number of nitrogens with one attached hydrogen (secondary N) is 1. The number of methoxy groups -OCH3 is 2. The number of carbonyl (C=O) groups excluding carboxylic acids is 1. The van der Waals surface area contributed by atoms with Crippen LogP contribution in [0.2, 0.25) is 0 Å². The lowest BCUT2D eigenvalue weighted by atomic mass is 10.1. The van der Waals surface area contributed by atoms with E-state index in [1.807, 2.05) is 6.07 Å². The summed E-state index contributed by atoms with van der Waals surface area (Å²) in [5, 5.41) is 0.532. The number of nitrogens with zero attached hydrogens (tertiary/aromatic N) is 1. The van der Waals surface area contributed by atoms with Gasteiger partial charge in [0.25, 0.3) is 5.56 Å². The molecular formula is C24H20N2O5. The summed E-state index contributed by atoms with van der Waals surface area (Å²) in [6.07, 6.45) is 0.773. The van der Waals surface area contributed by atoms with E-state index >= 15 is 0 Å². The van der Waals surface area contributed by atoms with Crippen LogP contribution in [0.4, 0.5) is 0 Å². The van der Waals surface area contributed by atoms with Gasteiger partial charge in [-0.25, -0.2) is 4.98 Å². The smallest absolute Gasteiger partial charge is 0.259 e. The van der Waals surface area contributed by atoms with Gasteiger partial charge >= 0.3 is 0 Å². The van der Waals surface area contributed by atoms with E-state index in [9.17, 15) is 9.59 Å². The summed E-state index contributed by atoms with van der Waals surface area (Å²) >= 11 is 0. The summed E-state index contributed by atoms with van der Waals surface area (Å²) in [7, 11) is 3.10. The largest absolute Gasteiger partial charge is 0.496 e. The number of carbonyl (C=O) groups is 1. The SMILES string of the molecule is COc1ccc(C=O)cc1COc1ccc(-c2nc3ccccc3c(=O)[nH]2)cc1OC. The molecule has 1 aromatic heterocycles. The molecule has 0 amide bonds. The van der Waals surface area contributed by atoms with Gasteiger partial charge in [-0.05, 0) is 48.5 Å². The molecular weight excluding hydrogens is 396 g/mol. The minimum absolute atomic E-state index is 0.186. The van der Waals surface area contributed by atoms with Crippen LogP contribution in [0, 0.1) is 0 Å². The summed E-state index contributed by atoms with van der Waals surface area (Å²) < 4.78 is 16.8. The van der Waals surface area contributed by atoms with E-state index in [2.05, 4.69) is 9.97 Å². The van der Waals surface area contributed by atoms with Crippen molar-refractivity contribution in [3.63, 3.8) is 0 Å². The third-order valence-corrected chi connectivity index (χ3v) is 4.87. The molecule has 7 nitrogen and oxygen atoms in total.